The third-order valence-electron chi connectivity index (χ3n) is 5.70. The van der Waals surface area contributed by atoms with Crippen LogP contribution >= 0.6 is 24.4 Å². The fourth-order valence-electron chi connectivity index (χ4n) is 4.11. The predicted molar refractivity (Wildman–Crippen MR) is 128 cm³/mol. The zero-order valence-corrected chi connectivity index (χ0v) is 19.8. The molecule has 0 unspecified atom stereocenters. The van der Waals surface area contributed by atoms with Crippen molar-refractivity contribution in [3.8, 4) is 11.1 Å². The van der Waals surface area contributed by atoms with Crippen LogP contribution in [0.1, 0.15) is 5.56 Å². The summed E-state index contributed by atoms with van der Waals surface area (Å²) in [6.07, 6.45) is -3.89. The molecule has 1 fully saturated rings. The number of halogens is 6. The van der Waals surface area contributed by atoms with Gasteiger partial charge in [0.15, 0.2) is 5.65 Å². The minimum absolute atomic E-state index is 0.0238. The summed E-state index contributed by atoms with van der Waals surface area (Å²) in [5.74, 6) is -0.619. The molecule has 0 saturated carbocycles. The van der Waals surface area contributed by atoms with Crippen LogP contribution in [0, 0.1) is 5.82 Å². The molecular weight excluding hydrogens is 527 g/mol. The third kappa shape index (κ3) is 4.67. The van der Waals surface area contributed by atoms with Gasteiger partial charge in [0.1, 0.15) is 18.9 Å². The van der Waals surface area contributed by atoms with Gasteiger partial charge < -0.3 is 9.47 Å². The SMILES string of the molecule is O=c1cc(-c2cn(S)c3ncc(N4CC(F)(F)OC(F)(F)C4)cc23)ccn1Cc1cccc(Cl)c1F. The lowest BCUT2D eigenvalue weighted by Crippen LogP contribution is -2.55. The summed E-state index contributed by atoms with van der Waals surface area (Å²) in [5, 5.41) is 0.344. The van der Waals surface area contributed by atoms with Crippen molar-refractivity contribution in [3.05, 3.63) is 81.7 Å². The summed E-state index contributed by atoms with van der Waals surface area (Å²) in [7, 11) is 0. The van der Waals surface area contributed by atoms with E-state index in [0.29, 0.717) is 22.2 Å². The first kappa shape index (κ1) is 24.6. The highest BCUT2D eigenvalue weighted by Crippen LogP contribution is 2.38. The van der Waals surface area contributed by atoms with Gasteiger partial charge >= 0.3 is 12.2 Å². The second kappa shape index (κ2) is 8.79. The zero-order valence-electron chi connectivity index (χ0n) is 18.1. The van der Waals surface area contributed by atoms with E-state index >= 15 is 0 Å². The quantitative estimate of drug-likeness (QED) is 0.276. The van der Waals surface area contributed by atoms with Crippen LogP contribution in [-0.2, 0) is 11.3 Å². The highest BCUT2D eigenvalue weighted by molar-refractivity contribution is 7.78. The van der Waals surface area contributed by atoms with Crippen molar-refractivity contribution in [3.63, 3.8) is 0 Å². The van der Waals surface area contributed by atoms with E-state index < -0.39 is 36.7 Å². The maximum absolute atomic E-state index is 14.3. The average Bonchev–Trinajstić information content (AvgIpc) is 3.12. The number of hydrogen-bond acceptors (Lipinski definition) is 5. The molecule has 13 heteroatoms. The molecule has 0 bridgehead atoms. The van der Waals surface area contributed by atoms with Gasteiger partial charge in [-0.05, 0) is 23.8 Å². The number of morpholine rings is 1. The average molecular weight is 543 g/mol. The van der Waals surface area contributed by atoms with Gasteiger partial charge in [-0.2, -0.15) is 17.6 Å². The van der Waals surface area contributed by atoms with E-state index in [4.69, 9.17) is 11.6 Å². The largest absolute Gasteiger partial charge is 0.377 e. The smallest absolute Gasteiger partial charge is 0.353 e. The van der Waals surface area contributed by atoms with E-state index in [1.807, 2.05) is 0 Å². The van der Waals surface area contributed by atoms with E-state index in [0.717, 1.165) is 4.90 Å². The van der Waals surface area contributed by atoms with E-state index in [1.54, 1.807) is 18.3 Å². The first-order valence-corrected chi connectivity index (χ1v) is 11.3. The van der Waals surface area contributed by atoms with Crippen molar-refractivity contribution in [1.29, 1.82) is 0 Å². The number of nitrogens with zero attached hydrogens (tertiary/aromatic N) is 4. The molecule has 5 rings (SSSR count). The van der Waals surface area contributed by atoms with Crippen molar-refractivity contribution in [2.75, 3.05) is 18.0 Å². The van der Waals surface area contributed by atoms with Crippen molar-refractivity contribution < 1.29 is 26.7 Å². The predicted octanol–water partition coefficient (Wildman–Crippen LogP) is 5.42. The lowest BCUT2D eigenvalue weighted by molar-refractivity contribution is -0.380. The van der Waals surface area contributed by atoms with Crippen molar-refractivity contribution in [2.45, 2.75) is 18.8 Å². The Balaban J connectivity index is 1.51. The molecule has 4 aromatic rings. The Kier molecular flexibility index (Phi) is 6.00. The summed E-state index contributed by atoms with van der Waals surface area (Å²) in [4.78, 5) is 17.8. The zero-order chi connectivity index (χ0) is 25.8. The number of aromatic nitrogens is 3. The molecule has 1 aromatic carbocycles. The maximum Gasteiger partial charge on any atom is 0.377 e. The molecule has 188 valence electrons. The Bertz CT molecular complexity index is 1520. The van der Waals surface area contributed by atoms with Gasteiger partial charge in [0.25, 0.3) is 5.56 Å². The summed E-state index contributed by atoms with van der Waals surface area (Å²) >= 11 is 10.1. The molecule has 0 N–H and O–H groups in total. The number of thiol groups is 1. The highest BCUT2D eigenvalue weighted by atomic mass is 35.5. The number of ether oxygens (including phenoxy) is 1. The molecule has 0 aliphatic carbocycles. The van der Waals surface area contributed by atoms with Crippen LogP contribution in [0.2, 0.25) is 5.02 Å². The maximum atomic E-state index is 14.3. The number of fused-ring (bicyclic) bond motifs is 1. The molecule has 3 aromatic heterocycles. The van der Waals surface area contributed by atoms with Crippen LogP contribution in [-0.4, -0.2) is 38.8 Å². The standard InChI is InChI=1S/C23H16ClF5N4O2S/c24-18-3-1-2-14(20(18)25)9-31-5-4-13(6-19(31)34)17-10-33(36)21-16(17)7-15(8-30-21)32-11-22(26,27)35-23(28,29)12-32/h1-8,10,36H,9,11-12H2. The molecule has 1 aliphatic rings. The molecule has 1 aliphatic heterocycles. The molecular formula is C23H16ClF5N4O2S. The van der Waals surface area contributed by atoms with E-state index in [-0.39, 0.29) is 22.8 Å². The minimum Gasteiger partial charge on any atom is -0.353 e. The molecule has 36 heavy (non-hydrogen) atoms. The van der Waals surface area contributed by atoms with Gasteiger partial charge in [0.05, 0.1) is 23.5 Å². The second-order valence-corrected chi connectivity index (χ2v) is 9.12. The highest BCUT2D eigenvalue weighted by Gasteiger charge is 2.51. The Morgan fingerprint density at radius 3 is 2.53 bits per heavy atom. The van der Waals surface area contributed by atoms with E-state index in [1.165, 1.54) is 45.2 Å². The number of hydrogen-bond donors (Lipinski definition) is 1. The lowest BCUT2D eigenvalue weighted by atomic mass is 10.1. The fraction of sp³-hybridized carbons (Fsp3) is 0.217. The number of benzene rings is 1. The summed E-state index contributed by atoms with van der Waals surface area (Å²) in [6.45, 7) is -2.21. The van der Waals surface area contributed by atoms with E-state index in [2.05, 4.69) is 22.5 Å². The summed E-state index contributed by atoms with van der Waals surface area (Å²) in [6, 6.07) is 8.84. The van der Waals surface area contributed by atoms with Gasteiger partial charge in [-0.15, -0.1) is 0 Å². The number of alkyl halides is 4. The Labute approximate surface area is 211 Å². The van der Waals surface area contributed by atoms with Crippen LogP contribution in [0.3, 0.4) is 0 Å². The van der Waals surface area contributed by atoms with Crippen LogP contribution < -0.4 is 10.5 Å². The van der Waals surface area contributed by atoms with Crippen LogP contribution in [0.4, 0.5) is 27.6 Å². The first-order chi connectivity index (χ1) is 16.9. The Hall–Kier alpha value is -3.09. The fourth-order valence-corrected chi connectivity index (χ4v) is 4.58. The molecule has 0 amide bonds. The first-order valence-electron chi connectivity index (χ1n) is 10.5. The van der Waals surface area contributed by atoms with Gasteiger partial charge in [-0.1, -0.05) is 36.5 Å². The topological polar surface area (TPSA) is 52.3 Å². The van der Waals surface area contributed by atoms with Crippen LogP contribution in [0.5, 0.6) is 0 Å². The molecule has 6 nitrogen and oxygen atoms in total. The van der Waals surface area contributed by atoms with Gasteiger partial charge in [0, 0.05) is 35.0 Å². The summed E-state index contributed by atoms with van der Waals surface area (Å²) in [5.41, 5.74) is 1.06. The van der Waals surface area contributed by atoms with Gasteiger partial charge in [0.2, 0.25) is 0 Å². The second-order valence-electron chi connectivity index (χ2n) is 8.28. The Morgan fingerprint density at radius 1 is 1.11 bits per heavy atom. The van der Waals surface area contributed by atoms with E-state index in [9.17, 15) is 26.7 Å². The molecule has 0 atom stereocenters. The molecule has 1 saturated heterocycles. The van der Waals surface area contributed by atoms with Gasteiger partial charge in [-0.3, -0.25) is 13.5 Å². The third-order valence-corrected chi connectivity index (χ3v) is 6.30. The lowest BCUT2D eigenvalue weighted by Gasteiger charge is -2.37. The molecule has 0 spiro atoms. The van der Waals surface area contributed by atoms with Crippen molar-refractivity contribution in [1.82, 2.24) is 13.5 Å². The molecule has 4 heterocycles. The summed E-state index contributed by atoms with van der Waals surface area (Å²) < 4.78 is 75.4. The number of anilines is 1. The minimum atomic E-state index is -4.05. The van der Waals surface area contributed by atoms with Crippen LogP contribution in [0.15, 0.2) is 59.8 Å². The molecule has 0 radical (unpaired) electrons. The monoisotopic (exact) mass is 542 g/mol. The van der Waals surface area contributed by atoms with Crippen molar-refractivity contribution in [2.24, 2.45) is 0 Å². The Morgan fingerprint density at radius 2 is 1.83 bits per heavy atom. The van der Waals surface area contributed by atoms with Crippen molar-refractivity contribution >= 4 is 41.1 Å². The number of pyridine rings is 2. The van der Waals surface area contributed by atoms with Gasteiger partial charge in [-0.25, -0.2) is 9.37 Å². The van der Waals surface area contributed by atoms with Crippen LogP contribution in [0.25, 0.3) is 22.2 Å². The normalized spacial score (nSPS) is 17.0. The number of rotatable bonds is 4.